The summed E-state index contributed by atoms with van der Waals surface area (Å²) >= 11 is 0. The molecule has 4 heteroatoms. The number of hydrogen-bond acceptors (Lipinski definition) is 1. The fourth-order valence-electron chi connectivity index (χ4n) is 2.49. The number of benzene rings is 1. The number of nitrogens with zero attached hydrogens (tertiary/aromatic N) is 1. The summed E-state index contributed by atoms with van der Waals surface area (Å²) in [6.45, 7) is 13.4. The number of carbonyl (C=O) groups is 1. The first kappa shape index (κ1) is 22.9. The van der Waals surface area contributed by atoms with Gasteiger partial charge in [0.05, 0.1) is 22.4 Å². The molecule has 0 N–H and O–H groups in total. The molecule has 0 aromatic heterocycles. The Kier molecular flexibility index (Phi) is 9.71. The van der Waals surface area contributed by atoms with E-state index in [2.05, 4.69) is 46.9 Å². The molecule has 0 atom stereocenters. The number of hydrogen-bond donors (Lipinski definition) is 0. The van der Waals surface area contributed by atoms with Gasteiger partial charge in [0.25, 0.3) is 0 Å². The molecule has 0 bridgehead atoms. The fraction of sp³-hybridized carbons (Fsp3) is 0.529. The molecule has 0 aliphatic carbocycles. The predicted molar refractivity (Wildman–Crippen MR) is 93.6 cm³/mol. The zero-order chi connectivity index (χ0) is 14.7. The van der Waals surface area contributed by atoms with Crippen LogP contribution in [0, 0.1) is 7.43 Å². The van der Waals surface area contributed by atoms with E-state index in [0.29, 0.717) is 6.16 Å². The van der Waals surface area contributed by atoms with Gasteiger partial charge in [-0.1, -0.05) is 30.3 Å². The molecule has 1 rings (SSSR count). The van der Waals surface area contributed by atoms with Crippen LogP contribution in [0.5, 0.6) is 0 Å². The van der Waals surface area contributed by atoms with Gasteiger partial charge in [-0.2, -0.15) is 0 Å². The Balaban J connectivity index is 0. The quantitative estimate of drug-likeness (QED) is 0.402. The first-order valence-corrected chi connectivity index (χ1v) is 8.48. The molecule has 0 unspecified atom stereocenters. The van der Waals surface area contributed by atoms with E-state index in [-0.39, 0.29) is 40.1 Å². The van der Waals surface area contributed by atoms with Crippen LogP contribution in [0.2, 0.25) is 0 Å². The smallest absolute Gasteiger partial charge is 0.624 e. The monoisotopic (exact) mass is 352 g/mol. The molecule has 0 saturated carbocycles. The summed E-state index contributed by atoms with van der Waals surface area (Å²) in [4.78, 5) is 12.2. The number of rotatable bonds is 3. The zero-order valence-electron chi connectivity index (χ0n) is 14.3. The summed E-state index contributed by atoms with van der Waals surface area (Å²) in [5.41, 5.74) is 0.761. The molecule has 1 aromatic rings. The minimum atomic E-state index is -0.837. The van der Waals surface area contributed by atoms with Crippen molar-refractivity contribution < 1.29 is 21.3 Å². The van der Waals surface area contributed by atoms with Crippen LogP contribution in [-0.2, 0) is 21.3 Å². The van der Waals surface area contributed by atoms with Gasteiger partial charge in [0.2, 0.25) is 0 Å². The van der Waals surface area contributed by atoms with Crippen molar-refractivity contribution in [2.75, 3.05) is 6.16 Å². The third-order valence-corrected chi connectivity index (χ3v) is 7.43. The summed E-state index contributed by atoms with van der Waals surface area (Å²) in [7, 11) is -0.837. The van der Waals surface area contributed by atoms with Crippen molar-refractivity contribution in [1.82, 2.24) is 0 Å². The van der Waals surface area contributed by atoms with E-state index in [9.17, 15) is 4.79 Å². The molecule has 0 spiro atoms. The summed E-state index contributed by atoms with van der Waals surface area (Å²) in [5.74, 6) is 0.0185. The molecular formula is C17H29NNiOP+. The first-order valence-electron chi connectivity index (χ1n) is 6.77. The van der Waals surface area contributed by atoms with Crippen LogP contribution in [0.25, 0.3) is 5.32 Å². The van der Waals surface area contributed by atoms with Gasteiger partial charge in [0.1, 0.15) is 0 Å². The third kappa shape index (κ3) is 7.98. The van der Waals surface area contributed by atoms with Crippen LogP contribution in [0.1, 0.15) is 41.5 Å². The first-order chi connectivity index (χ1) is 8.60. The van der Waals surface area contributed by atoms with E-state index in [1.165, 1.54) is 0 Å². The molecule has 1 amide bonds. The van der Waals surface area contributed by atoms with Gasteiger partial charge in [0, 0.05) is 7.92 Å². The molecule has 0 radical (unpaired) electrons. The van der Waals surface area contributed by atoms with Crippen LogP contribution in [0.15, 0.2) is 30.3 Å². The largest absolute Gasteiger partial charge is 2.00 e. The fourth-order valence-corrected chi connectivity index (χ4v) is 6.18. The van der Waals surface area contributed by atoms with E-state index >= 15 is 0 Å². The average Bonchev–Trinajstić information content (AvgIpc) is 2.24. The molecule has 21 heavy (non-hydrogen) atoms. The van der Waals surface area contributed by atoms with Crippen LogP contribution >= 0.6 is 7.92 Å². The predicted octanol–water partition coefficient (Wildman–Crippen LogP) is 5.48. The normalized spacial score (nSPS) is 11.4. The van der Waals surface area contributed by atoms with Crippen LogP contribution < -0.4 is 0 Å². The minimum Gasteiger partial charge on any atom is -0.624 e. The summed E-state index contributed by atoms with van der Waals surface area (Å²) < 4.78 is 0. The van der Waals surface area contributed by atoms with Gasteiger partial charge >= 0.3 is 16.5 Å². The topological polar surface area (TPSA) is 31.2 Å². The van der Waals surface area contributed by atoms with Gasteiger partial charge < -0.3 is 17.5 Å². The van der Waals surface area contributed by atoms with E-state index in [0.717, 1.165) is 5.69 Å². The molecule has 0 aliphatic heterocycles. The van der Waals surface area contributed by atoms with Crippen molar-refractivity contribution >= 4 is 19.5 Å². The summed E-state index contributed by atoms with van der Waals surface area (Å²) in [6, 6.07) is 9.50. The van der Waals surface area contributed by atoms with Crippen LogP contribution in [-0.4, -0.2) is 22.4 Å². The minimum absolute atomic E-state index is 0. The Morgan fingerprint density at radius 2 is 1.43 bits per heavy atom. The second kappa shape index (κ2) is 8.91. The molecular weight excluding hydrogens is 324 g/mol. The Labute approximate surface area is 142 Å². The molecule has 1 aromatic carbocycles. The van der Waals surface area contributed by atoms with Gasteiger partial charge in [-0.15, -0.1) is 5.69 Å². The summed E-state index contributed by atoms with van der Waals surface area (Å²) in [6.07, 6.45) is 0.604. The number of amides is 1. The molecule has 0 heterocycles. The standard InChI is InChI=1S/C16H26NOP.CH3.Ni/c1-15(2,3)19(16(4,5)6)12-14(18)17-13-10-8-7-9-11-13;;/h7-11H,12H2,1-6H3,(H,17,18);1H3;/q;-1;+2. The van der Waals surface area contributed by atoms with Gasteiger partial charge in [0.15, 0.2) is 0 Å². The van der Waals surface area contributed by atoms with Crippen molar-refractivity contribution in [2.45, 2.75) is 51.9 Å². The molecule has 122 valence electrons. The zero-order valence-corrected chi connectivity index (χ0v) is 16.3. The van der Waals surface area contributed by atoms with Crippen molar-refractivity contribution in [1.29, 1.82) is 0 Å². The Morgan fingerprint density at radius 3 is 1.81 bits per heavy atom. The van der Waals surface area contributed by atoms with Crippen molar-refractivity contribution in [3.05, 3.63) is 43.1 Å². The molecule has 2 nitrogen and oxygen atoms in total. The third-order valence-electron chi connectivity index (χ3n) is 3.15. The van der Waals surface area contributed by atoms with Crippen molar-refractivity contribution in [3.8, 4) is 0 Å². The van der Waals surface area contributed by atoms with Crippen LogP contribution in [0.3, 0.4) is 0 Å². The van der Waals surface area contributed by atoms with Crippen molar-refractivity contribution in [2.24, 2.45) is 0 Å². The van der Waals surface area contributed by atoms with Gasteiger partial charge in [-0.3, -0.25) is 0 Å². The summed E-state index contributed by atoms with van der Waals surface area (Å²) in [5, 5.41) is 4.61. The van der Waals surface area contributed by atoms with E-state index < -0.39 is 7.92 Å². The maximum absolute atomic E-state index is 12.2. The van der Waals surface area contributed by atoms with Crippen molar-refractivity contribution in [3.63, 3.8) is 0 Å². The van der Waals surface area contributed by atoms with E-state index in [4.69, 9.17) is 0 Å². The van der Waals surface area contributed by atoms with E-state index in [1.54, 1.807) is 0 Å². The van der Waals surface area contributed by atoms with Gasteiger partial charge in [-0.05, 0) is 41.5 Å². The molecule has 0 saturated heterocycles. The average molecular weight is 353 g/mol. The van der Waals surface area contributed by atoms with E-state index in [1.807, 2.05) is 30.3 Å². The molecule has 0 aliphatic rings. The Hall–Kier alpha value is -0.386. The number of para-hydroxylation sites is 1. The molecule has 0 fully saturated rings. The maximum atomic E-state index is 12.2. The second-order valence-electron chi connectivity index (χ2n) is 7.00. The second-order valence-corrected chi connectivity index (χ2v) is 11.3. The SMILES string of the molecule is CC(C)(C)[PH+](CC(=O)[N-]c1ccccc1)C(C)(C)C.[CH3-].[Ni+2]. The van der Waals surface area contributed by atoms with Gasteiger partial charge in [-0.25, -0.2) is 0 Å². The van der Waals surface area contributed by atoms with Crippen LogP contribution in [0.4, 0.5) is 5.69 Å². The Morgan fingerprint density at radius 1 is 1.00 bits per heavy atom. The Bertz CT molecular complexity index is 407. The number of carbonyl (C=O) groups excluding carboxylic acids is 1. The maximum Gasteiger partial charge on any atom is 2.00 e.